The maximum absolute atomic E-state index is 13.6. The maximum Gasteiger partial charge on any atom is 0.312 e. The standard InChI is InChI=1S/C47H66O11/c1-28(48)55-35-36-42(9)20-23-47(58-42,41(7,8)52)54-27-46(36)22-21-45-26-44(45)19-18-33(40(5,6)31(44)16-17-32(45)43(46,10)37(35)56-29(2)49)57-34(50)24-39(3,4)38(51)53-25-30-14-12-11-13-15-30/h11-15,31-33,35-37,52H,16-27H2,1-10H3/t31?,32?,33?,35?,36-,37?,42?,43-,44-,45+,46+,47+/m1/s1. The summed E-state index contributed by atoms with van der Waals surface area (Å²) in [5.74, 6) is -2.78. The first-order chi connectivity index (χ1) is 26.9. The van der Waals surface area contributed by atoms with Crippen molar-refractivity contribution in [2.75, 3.05) is 6.61 Å². The van der Waals surface area contributed by atoms with E-state index in [4.69, 9.17) is 28.4 Å². The number of rotatable bonds is 9. The van der Waals surface area contributed by atoms with Crippen LogP contribution in [-0.4, -0.2) is 70.9 Å². The molecule has 2 aliphatic heterocycles. The third-order valence-electron chi connectivity index (χ3n) is 17.5. The van der Waals surface area contributed by atoms with Crippen molar-refractivity contribution in [3.63, 3.8) is 0 Å². The minimum atomic E-state index is -1.29. The largest absolute Gasteiger partial charge is 0.462 e. The predicted octanol–water partition coefficient (Wildman–Crippen LogP) is 7.63. The van der Waals surface area contributed by atoms with Crippen LogP contribution in [-0.2, 0) is 54.2 Å². The minimum Gasteiger partial charge on any atom is -0.462 e. The number of ether oxygens (including phenoxy) is 6. The van der Waals surface area contributed by atoms with E-state index in [1.54, 1.807) is 27.7 Å². The van der Waals surface area contributed by atoms with Crippen molar-refractivity contribution in [3.05, 3.63) is 35.9 Å². The van der Waals surface area contributed by atoms with Crippen LogP contribution in [0, 0.1) is 50.2 Å². The highest BCUT2D eigenvalue weighted by Gasteiger charge is 2.88. The van der Waals surface area contributed by atoms with Crippen LogP contribution in [0.15, 0.2) is 30.3 Å². The fraction of sp³-hybridized carbons (Fsp3) is 0.787. The fourth-order valence-corrected chi connectivity index (χ4v) is 14.9. The fourth-order valence-electron chi connectivity index (χ4n) is 14.9. The van der Waals surface area contributed by atoms with Crippen molar-refractivity contribution < 1.29 is 52.7 Å². The molecule has 320 valence electrons. The van der Waals surface area contributed by atoms with Crippen molar-refractivity contribution in [1.82, 2.24) is 0 Å². The second kappa shape index (κ2) is 13.2. The number of aliphatic hydroxyl groups is 1. The van der Waals surface area contributed by atoms with Crippen molar-refractivity contribution >= 4 is 23.9 Å². The molecule has 11 heteroatoms. The highest BCUT2D eigenvalue weighted by molar-refractivity contribution is 5.83. The molecule has 1 aromatic rings. The second-order valence-corrected chi connectivity index (χ2v) is 21.7. The smallest absolute Gasteiger partial charge is 0.312 e. The number of hydrogen-bond acceptors (Lipinski definition) is 11. The molecule has 3 spiro atoms. The summed E-state index contributed by atoms with van der Waals surface area (Å²) in [7, 11) is 0. The van der Waals surface area contributed by atoms with Gasteiger partial charge in [-0.15, -0.1) is 0 Å². The molecule has 5 saturated carbocycles. The Morgan fingerprint density at radius 1 is 0.793 bits per heavy atom. The molecule has 2 saturated heterocycles. The summed E-state index contributed by atoms with van der Waals surface area (Å²) in [6.07, 6.45) is 5.48. The third kappa shape index (κ3) is 5.74. The van der Waals surface area contributed by atoms with E-state index in [0.29, 0.717) is 25.4 Å². The van der Waals surface area contributed by atoms with Gasteiger partial charge < -0.3 is 33.5 Å². The Morgan fingerprint density at radius 2 is 1.43 bits per heavy atom. The lowest BCUT2D eigenvalue weighted by atomic mass is 9.41. The summed E-state index contributed by atoms with van der Waals surface area (Å²) in [6.45, 7) is 19.1. The molecule has 0 aromatic heterocycles. The third-order valence-corrected chi connectivity index (χ3v) is 17.5. The van der Waals surface area contributed by atoms with Gasteiger partial charge in [0.2, 0.25) is 0 Å². The molecule has 7 aliphatic rings. The van der Waals surface area contributed by atoms with Gasteiger partial charge in [0.05, 0.1) is 24.0 Å². The van der Waals surface area contributed by atoms with Crippen molar-refractivity contribution in [3.8, 4) is 0 Å². The lowest BCUT2D eigenvalue weighted by molar-refractivity contribution is -0.316. The molecule has 2 bridgehead atoms. The average Bonchev–Trinajstić information content (AvgIpc) is 3.62. The van der Waals surface area contributed by atoms with E-state index in [-0.39, 0.29) is 53.2 Å². The summed E-state index contributed by atoms with van der Waals surface area (Å²) in [5.41, 5.74) is -3.81. The van der Waals surface area contributed by atoms with E-state index in [9.17, 15) is 24.3 Å². The molecule has 0 radical (unpaired) electrons. The SMILES string of the molecule is CC(=O)OC1C(OC(C)=O)[C@@]2(C)C3CCC4C(C)(C)C(OC(=O)CC(C)(C)C(=O)OCc5ccccc5)CC[C@@]45C[C@@]35CC[C@@]23CO[C@@]2(C(C)(C)O)CCC(C)(O2)[C@@H]13. The maximum atomic E-state index is 13.6. The first kappa shape index (κ1) is 41.7. The van der Waals surface area contributed by atoms with Crippen LogP contribution >= 0.6 is 0 Å². The molecule has 7 fully saturated rings. The zero-order chi connectivity index (χ0) is 42.1. The lowest BCUT2D eigenvalue weighted by Crippen LogP contribution is -2.63. The number of esters is 4. The molecule has 6 unspecified atom stereocenters. The minimum absolute atomic E-state index is 0.0164. The number of fused-ring (bicyclic) bond motifs is 4. The molecule has 58 heavy (non-hydrogen) atoms. The van der Waals surface area contributed by atoms with Gasteiger partial charge in [0.1, 0.15) is 30.5 Å². The van der Waals surface area contributed by atoms with E-state index in [2.05, 4.69) is 27.7 Å². The highest BCUT2D eigenvalue weighted by atomic mass is 16.7. The molecular weight excluding hydrogens is 741 g/mol. The first-order valence-electron chi connectivity index (χ1n) is 21.8. The Kier molecular flexibility index (Phi) is 9.52. The van der Waals surface area contributed by atoms with Gasteiger partial charge in [0, 0.05) is 42.4 Å². The molecule has 11 nitrogen and oxygen atoms in total. The zero-order valence-corrected chi connectivity index (χ0v) is 36.4. The van der Waals surface area contributed by atoms with Gasteiger partial charge in [0.25, 0.3) is 0 Å². The predicted molar refractivity (Wildman–Crippen MR) is 211 cm³/mol. The molecule has 2 heterocycles. The average molecular weight is 807 g/mol. The first-order valence-corrected chi connectivity index (χ1v) is 21.8. The summed E-state index contributed by atoms with van der Waals surface area (Å²) in [4.78, 5) is 52.9. The molecule has 1 N–H and O–H groups in total. The molecule has 12 atom stereocenters. The van der Waals surface area contributed by atoms with E-state index >= 15 is 0 Å². The molecule has 1 aromatic carbocycles. The molecule has 8 rings (SSSR count). The Hall–Kier alpha value is -3.02. The lowest BCUT2D eigenvalue weighted by Gasteiger charge is -2.64. The Morgan fingerprint density at radius 3 is 2.09 bits per heavy atom. The van der Waals surface area contributed by atoms with Crippen LogP contribution < -0.4 is 0 Å². The van der Waals surface area contributed by atoms with Gasteiger partial charge in [-0.3, -0.25) is 19.2 Å². The topological polar surface area (TPSA) is 144 Å². The van der Waals surface area contributed by atoms with Gasteiger partial charge in [-0.1, -0.05) is 51.1 Å². The van der Waals surface area contributed by atoms with E-state index in [1.807, 2.05) is 30.3 Å². The summed E-state index contributed by atoms with van der Waals surface area (Å²) < 4.78 is 38.6. The van der Waals surface area contributed by atoms with Gasteiger partial charge in [0.15, 0.2) is 5.79 Å². The number of carbonyl (C=O) groups excluding carboxylic acids is 4. The van der Waals surface area contributed by atoms with Crippen molar-refractivity contribution in [1.29, 1.82) is 0 Å². The van der Waals surface area contributed by atoms with Crippen LogP contribution in [0.3, 0.4) is 0 Å². The Balaban J connectivity index is 1.07. The quantitative estimate of drug-likeness (QED) is 0.194. The summed E-state index contributed by atoms with van der Waals surface area (Å²) in [5, 5.41) is 11.5. The van der Waals surface area contributed by atoms with E-state index in [1.165, 1.54) is 13.8 Å². The van der Waals surface area contributed by atoms with Gasteiger partial charge in [-0.05, 0) is 114 Å². The van der Waals surface area contributed by atoms with Gasteiger partial charge in [-0.25, -0.2) is 0 Å². The van der Waals surface area contributed by atoms with Crippen LogP contribution in [0.5, 0.6) is 0 Å². The Bertz CT molecular complexity index is 1850. The highest BCUT2D eigenvalue weighted by Crippen LogP contribution is 2.90. The van der Waals surface area contributed by atoms with Crippen molar-refractivity contribution in [2.45, 2.75) is 175 Å². The number of benzene rings is 1. The monoisotopic (exact) mass is 806 g/mol. The van der Waals surface area contributed by atoms with E-state index in [0.717, 1.165) is 50.5 Å². The molecular formula is C47H66O11. The van der Waals surface area contributed by atoms with Gasteiger partial charge >= 0.3 is 23.9 Å². The zero-order valence-electron chi connectivity index (χ0n) is 36.4. The second-order valence-electron chi connectivity index (χ2n) is 21.7. The molecule has 0 amide bonds. The van der Waals surface area contributed by atoms with Crippen LogP contribution in [0.1, 0.15) is 139 Å². The van der Waals surface area contributed by atoms with Crippen molar-refractivity contribution in [2.24, 2.45) is 50.2 Å². The van der Waals surface area contributed by atoms with Gasteiger partial charge in [-0.2, -0.15) is 0 Å². The normalized spacial score (nSPS) is 43.2. The summed E-state index contributed by atoms with van der Waals surface area (Å²) in [6, 6.07) is 9.50. The number of carbonyl (C=O) groups is 4. The van der Waals surface area contributed by atoms with E-state index < -0.39 is 63.4 Å². The number of hydrogen-bond donors (Lipinski definition) is 1. The van der Waals surface area contributed by atoms with Crippen LogP contribution in [0.4, 0.5) is 0 Å². The summed E-state index contributed by atoms with van der Waals surface area (Å²) >= 11 is 0. The Labute approximate surface area is 343 Å². The van der Waals surface area contributed by atoms with Crippen LogP contribution in [0.2, 0.25) is 0 Å². The molecule has 5 aliphatic carbocycles. The van der Waals surface area contributed by atoms with Crippen LogP contribution in [0.25, 0.3) is 0 Å².